The predicted molar refractivity (Wildman–Crippen MR) is 87.4 cm³/mol. The molecule has 1 saturated heterocycles. The normalized spacial score (nSPS) is 18.5. The molecule has 1 aliphatic heterocycles. The van der Waals surface area contributed by atoms with Gasteiger partial charge in [0.05, 0.1) is 16.7 Å². The van der Waals surface area contributed by atoms with Gasteiger partial charge < -0.3 is 26.0 Å². The van der Waals surface area contributed by atoms with E-state index in [-0.39, 0.29) is 27.3 Å². The van der Waals surface area contributed by atoms with Gasteiger partial charge in [-0.2, -0.15) is 0 Å². The summed E-state index contributed by atoms with van der Waals surface area (Å²) < 4.78 is 14.3. The maximum atomic E-state index is 14.3. The number of carbonyl (C=O) groups is 1. The molecule has 134 valence electrons. The summed E-state index contributed by atoms with van der Waals surface area (Å²) >= 11 is 11.5. The molecule has 0 saturated carbocycles. The number of phenolic OH excluding ortho intramolecular Hbond substituents is 1. The number of hydrogen-bond donors (Lipinski definition) is 4. The molecule has 1 aromatic rings. The van der Waals surface area contributed by atoms with Gasteiger partial charge in [-0.15, -0.1) is 0 Å². The molecule has 9 heteroatoms. The maximum absolute atomic E-state index is 14.3. The highest BCUT2D eigenvalue weighted by atomic mass is 35.5. The van der Waals surface area contributed by atoms with E-state index in [2.05, 4.69) is 0 Å². The SMILES string of the molecule is N[C@@H](c1c(O)cc(Cl)c(Cl)c1F)C1CCN(C(=O)C(O)CO)CC1. The number of nitrogens with two attached hydrogens (primary N) is 1. The fourth-order valence-corrected chi connectivity index (χ4v) is 3.26. The number of amides is 1. The lowest BCUT2D eigenvalue weighted by Gasteiger charge is -2.35. The quantitative estimate of drug-likeness (QED) is 0.591. The lowest BCUT2D eigenvalue weighted by Crippen LogP contribution is -2.46. The summed E-state index contributed by atoms with van der Waals surface area (Å²) in [6.07, 6.45) is -0.513. The zero-order chi connectivity index (χ0) is 18.0. The predicted octanol–water partition coefficient (Wildman–Crippen LogP) is 1.43. The lowest BCUT2D eigenvalue weighted by molar-refractivity contribution is -0.143. The van der Waals surface area contributed by atoms with Crippen LogP contribution in [0.3, 0.4) is 0 Å². The molecule has 0 bridgehead atoms. The standard InChI is InChI=1S/C15H19Cl2FN2O4/c16-8-5-9(22)11(13(18)12(8)17)14(19)7-1-3-20(4-2-7)15(24)10(23)6-21/h5,7,10,14,21-23H,1-4,6,19H2/t10?,14-/m1/s1. The van der Waals surface area contributed by atoms with E-state index < -0.39 is 30.5 Å². The molecule has 2 atom stereocenters. The highest BCUT2D eigenvalue weighted by Crippen LogP contribution is 2.40. The highest BCUT2D eigenvalue weighted by Gasteiger charge is 2.32. The van der Waals surface area contributed by atoms with Crippen molar-refractivity contribution in [3.8, 4) is 5.75 Å². The van der Waals surface area contributed by atoms with Gasteiger partial charge in [0.15, 0.2) is 11.9 Å². The van der Waals surface area contributed by atoms with E-state index in [0.29, 0.717) is 25.9 Å². The number of aliphatic hydroxyl groups excluding tert-OH is 2. The summed E-state index contributed by atoms with van der Waals surface area (Å²) in [5, 5.41) is 27.8. The summed E-state index contributed by atoms with van der Waals surface area (Å²) in [4.78, 5) is 13.2. The van der Waals surface area contributed by atoms with Crippen molar-refractivity contribution in [1.82, 2.24) is 4.90 Å². The van der Waals surface area contributed by atoms with E-state index in [1.165, 1.54) is 4.90 Å². The zero-order valence-corrected chi connectivity index (χ0v) is 14.3. The first-order valence-corrected chi connectivity index (χ1v) is 8.23. The Kier molecular flexibility index (Phi) is 6.28. The van der Waals surface area contributed by atoms with Gasteiger partial charge in [0.25, 0.3) is 5.91 Å². The number of aliphatic hydroxyl groups is 2. The number of carbonyl (C=O) groups excluding carboxylic acids is 1. The molecule has 6 nitrogen and oxygen atoms in total. The number of piperidine rings is 1. The molecule has 0 aliphatic carbocycles. The van der Waals surface area contributed by atoms with Crippen molar-refractivity contribution in [1.29, 1.82) is 0 Å². The van der Waals surface area contributed by atoms with Crippen LogP contribution >= 0.6 is 23.2 Å². The fourth-order valence-electron chi connectivity index (χ4n) is 2.92. The van der Waals surface area contributed by atoms with Crippen molar-refractivity contribution < 1.29 is 24.5 Å². The highest BCUT2D eigenvalue weighted by molar-refractivity contribution is 6.42. The Morgan fingerprint density at radius 3 is 2.54 bits per heavy atom. The summed E-state index contributed by atoms with van der Waals surface area (Å²) in [5.74, 6) is -1.93. The fraction of sp³-hybridized carbons (Fsp3) is 0.533. The molecule has 0 spiro atoms. The second kappa shape index (κ2) is 7.84. The third-order valence-corrected chi connectivity index (χ3v) is 5.09. The number of aromatic hydroxyl groups is 1. The average Bonchev–Trinajstić information content (AvgIpc) is 2.58. The second-order valence-corrected chi connectivity index (χ2v) is 6.59. The first-order chi connectivity index (χ1) is 11.3. The van der Waals surface area contributed by atoms with Crippen molar-refractivity contribution in [3.05, 3.63) is 27.5 Å². The van der Waals surface area contributed by atoms with Gasteiger partial charge in [-0.25, -0.2) is 4.39 Å². The molecule has 1 aliphatic rings. The summed E-state index contributed by atoms with van der Waals surface area (Å²) in [7, 11) is 0. The van der Waals surface area contributed by atoms with Gasteiger partial charge in [-0.05, 0) is 18.8 Å². The van der Waals surface area contributed by atoms with Gasteiger partial charge in [-0.1, -0.05) is 23.2 Å². The maximum Gasteiger partial charge on any atom is 0.253 e. The molecular weight excluding hydrogens is 362 g/mol. The Hall–Kier alpha value is -1.12. The summed E-state index contributed by atoms with van der Waals surface area (Å²) in [6, 6.07) is 0.345. The molecule has 2 rings (SSSR count). The van der Waals surface area contributed by atoms with Crippen LogP contribution in [0.1, 0.15) is 24.4 Å². The molecule has 0 aromatic heterocycles. The van der Waals surface area contributed by atoms with Gasteiger partial charge in [0.1, 0.15) is 5.75 Å². The first-order valence-electron chi connectivity index (χ1n) is 7.47. The lowest BCUT2D eigenvalue weighted by atomic mass is 9.85. The largest absolute Gasteiger partial charge is 0.507 e. The van der Waals surface area contributed by atoms with E-state index in [4.69, 9.17) is 34.0 Å². The topological polar surface area (TPSA) is 107 Å². The van der Waals surface area contributed by atoms with E-state index in [9.17, 15) is 19.4 Å². The van der Waals surface area contributed by atoms with Crippen molar-refractivity contribution in [3.63, 3.8) is 0 Å². The minimum Gasteiger partial charge on any atom is -0.507 e. The number of phenols is 1. The molecule has 0 radical (unpaired) electrons. The van der Waals surface area contributed by atoms with Crippen LogP contribution in [0, 0.1) is 11.7 Å². The van der Waals surface area contributed by atoms with Crippen molar-refractivity contribution >= 4 is 29.1 Å². The van der Waals surface area contributed by atoms with Crippen LogP contribution in [0.2, 0.25) is 10.0 Å². The second-order valence-electron chi connectivity index (χ2n) is 5.81. The Balaban J connectivity index is 2.10. The van der Waals surface area contributed by atoms with Gasteiger partial charge in [-0.3, -0.25) is 4.79 Å². The molecule has 5 N–H and O–H groups in total. The Morgan fingerprint density at radius 1 is 1.42 bits per heavy atom. The first kappa shape index (κ1) is 19.2. The molecule has 24 heavy (non-hydrogen) atoms. The van der Waals surface area contributed by atoms with Crippen LogP contribution in [0.4, 0.5) is 4.39 Å². The van der Waals surface area contributed by atoms with Gasteiger partial charge >= 0.3 is 0 Å². The third kappa shape index (κ3) is 3.75. The number of rotatable bonds is 4. The minimum atomic E-state index is -1.44. The van der Waals surface area contributed by atoms with Crippen LogP contribution in [0.25, 0.3) is 0 Å². The van der Waals surface area contributed by atoms with Crippen LogP contribution in [0.5, 0.6) is 5.75 Å². The molecule has 1 aromatic carbocycles. The smallest absolute Gasteiger partial charge is 0.253 e. The molecule has 1 amide bonds. The van der Waals surface area contributed by atoms with Crippen LogP contribution < -0.4 is 5.73 Å². The van der Waals surface area contributed by atoms with Crippen LogP contribution in [-0.2, 0) is 4.79 Å². The monoisotopic (exact) mass is 380 g/mol. The number of benzene rings is 1. The Morgan fingerprint density at radius 2 is 2.00 bits per heavy atom. The number of hydrogen-bond acceptors (Lipinski definition) is 5. The molecule has 1 unspecified atom stereocenters. The average molecular weight is 381 g/mol. The van der Waals surface area contributed by atoms with Crippen molar-refractivity contribution in [2.75, 3.05) is 19.7 Å². The number of nitrogens with zero attached hydrogens (tertiary/aromatic N) is 1. The molecule has 1 fully saturated rings. The van der Waals surface area contributed by atoms with E-state index in [0.717, 1.165) is 6.07 Å². The van der Waals surface area contributed by atoms with Crippen molar-refractivity contribution in [2.24, 2.45) is 11.7 Å². The molecule has 1 heterocycles. The summed E-state index contributed by atoms with van der Waals surface area (Å²) in [6.45, 7) is -0.00341. The Labute approximate surface area is 148 Å². The zero-order valence-electron chi connectivity index (χ0n) is 12.8. The van der Waals surface area contributed by atoms with Crippen LogP contribution in [0.15, 0.2) is 6.07 Å². The third-order valence-electron chi connectivity index (χ3n) is 4.33. The Bertz CT molecular complexity index is 624. The minimum absolute atomic E-state index is 0.0930. The summed E-state index contributed by atoms with van der Waals surface area (Å²) in [5.41, 5.74) is 6.01. The van der Waals surface area contributed by atoms with Crippen LogP contribution in [-0.4, -0.2) is 51.9 Å². The van der Waals surface area contributed by atoms with E-state index >= 15 is 0 Å². The number of likely N-dealkylation sites (tertiary alicyclic amines) is 1. The van der Waals surface area contributed by atoms with E-state index in [1.807, 2.05) is 0 Å². The van der Waals surface area contributed by atoms with Gasteiger partial charge in [0.2, 0.25) is 0 Å². The van der Waals surface area contributed by atoms with Gasteiger partial charge in [0, 0.05) is 30.8 Å². The number of halogens is 3. The van der Waals surface area contributed by atoms with Crippen molar-refractivity contribution in [2.45, 2.75) is 25.0 Å². The van der Waals surface area contributed by atoms with E-state index in [1.54, 1.807) is 0 Å². The molecular formula is C15H19Cl2FN2O4.